The first kappa shape index (κ1) is 41.8. The number of H-pyrrole nitrogens is 1. The first-order valence-electron chi connectivity index (χ1n) is 18.8. The molecule has 2 aliphatic rings. The number of rotatable bonds is 15. The van der Waals surface area contributed by atoms with Crippen LogP contribution in [0.5, 0.6) is 0 Å². The summed E-state index contributed by atoms with van der Waals surface area (Å²) in [5.41, 5.74) is 5.71. The number of amides is 4. The molecule has 3 aromatic rings. The molecule has 7 atom stereocenters. The molecule has 16 heteroatoms. The SMILES string of the molecule is COC(=O)N[C@H](C(=O)N[C@@H](c1ncc(-c2ccc(-c3ccc(C4=NC(C5CCCN5C(=O)[C@@H](NC(=O)OC)[C@@H](C)OC)NC4)cc3)cc2)[nH]1)C(C)C)[C@@H](C)OC. The fraction of sp³-hybridized carbons (Fsp3) is 0.500. The second-order valence-electron chi connectivity index (χ2n) is 14.3. The van der Waals surface area contributed by atoms with E-state index in [0.29, 0.717) is 18.9 Å². The Bertz CT molecular complexity index is 1850. The minimum atomic E-state index is -0.965. The third-order valence-corrected chi connectivity index (χ3v) is 10.5. The van der Waals surface area contributed by atoms with Gasteiger partial charge in [0.05, 0.1) is 56.1 Å². The second kappa shape index (κ2) is 19.0. The van der Waals surface area contributed by atoms with Crippen LogP contribution in [0.15, 0.2) is 59.7 Å². The first-order valence-corrected chi connectivity index (χ1v) is 18.8. The molecular weight excluding hydrogens is 720 g/mol. The predicted molar refractivity (Wildman–Crippen MR) is 210 cm³/mol. The Morgan fingerprint density at radius 2 is 1.32 bits per heavy atom. The molecule has 1 saturated heterocycles. The van der Waals surface area contributed by atoms with Gasteiger partial charge in [-0.15, -0.1) is 0 Å². The van der Waals surface area contributed by atoms with Gasteiger partial charge in [-0.3, -0.25) is 19.9 Å². The Labute approximate surface area is 327 Å². The third-order valence-electron chi connectivity index (χ3n) is 10.5. The number of methoxy groups -OCH3 is 4. The van der Waals surface area contributed by atoms with Crippen LogP contribution in [0.2, 0.25) is 0 Å². The molecule has 5 N–H and O–H groups in total. The van der Waals surface area contributed by atoms with Gasteiger partial charge >= 0.3 is 12.2 Å². The lowest BCUT2D eigenvalue weighted by Gasteiger charge is -2.33. The molecule has 1 aromatic heterocycles. The highest BCUT2D eigenvalue weighted by Crippen LogP contribution is 2.29. The zero-order chi connectivity index (χ0) is 40.5. The molecule has 0 aliphatic carbocycles. The van der Waals surface area contributed by atoms with E-state index in [1.54, 1.807) is 24.9 Å². The topological polar surface area (TPSA) is 198 Å². The average molecular weight is 775 g/mol. The lowest BCUT2D eigenvalue weighted by atomic mass is 10.0. The Hall–Kier alpha value is -5.32. The summed E-state index contributed by atoms with van der Waals surface area (Å²) in [5.74, 6) is -0.0675. The number of nitrogens with one attached hydrogen (secondary N) is 5. The summed E-state index contributed by atoms with van der Waals surface area (Å²) in [7, 11) is 5.47. The van der Waals surface area contributed by atoms with E-state index in [4.69, 9.17) is 23.9 Å². The van der Waals surface area contributed by atoms with Crippen LogP contribution in [0, 0.1) is 5.92 Å². The summed E-state index contributed by atoms with van der Waals surface area (Å²) in [4.78, 5) is 65.6. The van der Waals surface area contributed by atoms with Crippen molar-refractivity contribution >= 4 is 29.7 Å². The number of carbonyl (C=O) groups is 4. The lowest BCUT2D eigenvalue weighted by molar-refractivity contribution is -0.137. The maximum Gasteiger partial charge on any atom is 0.407 e. The first-order chi connectivity index (χ1) is 26.9. The van der Waals surface area contributed by atoms with Crippen LogP contribution in [-0.2, 0) is 28.5 Å². The van der Waals surface area contributed by atoms with Crippen molar-refractivity contribution in [3.63, 3.8) is 0 Å². The second-order valence-corrected chi connectivity index (χ2v) is 14.3. The highest BCUT2D eigenvalue weighted by Gasteiger charge is 2.41. The number of aliphatic imine (C=N–C) groups is 1. The summed E-state index contributed by atoms with van der Waals surface area (Å²) in [5, 5.41) is 11.7. The highest BCUT2D eigenvalue weighted by atomic mass is 16.5. The lowest BCUT2D eigenvalue weighted by Crippen LogP contribution is -2.57. The Morgan fingerprint density at radius 1 is 0.768 bits per heavy atom. The summed E-state index contributed by atoms with van der Waals surface area (Å²) >= 11 is 0. The van der Waals surface area contributed by atoms with E-state index < -0.39 is 48.4 Å². The van der Waals surface area contributed by atoms with Crippen LogP contribution in [-0.4, -0.2) is 123 Å². The van der Waals surface area contributed by atoms with Crippen LogP contribution in [0.3, 0.4) is 0 Å². The number of ether oxygens (including phenoxy) is 4. The van der Waals surface area contributed by atoms with Crippen LogP contribution < -0.4 is 21.3 Å². The highest BCUT2D eigenvalue weighted by molar-refractivity contribution is 6.03. The van der Waals surface area contributed by atoms with Crippen molar-refractivity contribution in [1.29, 1.82) is 0 Å². The van der Waals surface area contributed by atoms with Crippen molar-refractivity contribution in [1.82, 2.24) is 36.1 Å². The van der Waals surface area contributed by atoms with Gasteiger partial charge in [-0.1, -0.05) is 62.4 Å². The van der Waals surface area contributed by atoms with Crippen LogP contribution in [0.25, 0.3) is 22.4 Å². The van der Waals surface area contributed by atoms with Crippen molar-refractivity contribution in [3.8, 4) is 22.4 Å². The molecule has 16 nitrogen and oxygen atoms in total. The normalized spacial score (nSPS) is 19.4. The minimum Gasteiger partial charge on any atom is -0.453 e. The molecule has 56 heavy (non-hydrogen) atoms. The van der Waals surface area contributed by atoms with E-state index in [0.717, 1.165) is 46.5 Å². The monoisotopic (exact) mass is 774 g/mol. The molecule has 4 amide bonds. The van der Waals surface area contributed by atoms with Gasteiger partial charge in [0.2, 0.25) is 11.8 Å². The summed E-state index contributed by atoms with van der Waals surface area (Å²) in [6.07, 6.45) is 0.547. The van der Waals surface area contributed by atoms with Gasteiger partial charge < -0.3 is 44.8 Å². The molecule has 2 unspecified atom stereocenters. The van der Waals surface area contributed by atoms with Gasteiger partial charge in [0.15, 0.2) is 0 Å². The standard InChI is InChI=1S/C40H54N8O8/c1-22(2)32(45-37(49)33(23(3)53-5)46-39(51)55-7)36-42-21-30(44-36)28-17-13-26(14-18-28)25-11-15-27(16-12-25)29-20-41-35(43-29)31-10-9-19-48(31)38(50)34(24(4)54-6)47-40(52)56-8/h11-18,21-24,31-35,41H,9-10,19-20H2,1-8H3,(H,42,44)(H,45,49)(H,46,51)(H,47,52)/t23-,24-,31?,32-,33+,34+,35?/m1/s1. The number of benzene rings is 2. The smallest absolute Gasteiger partial charge is 0.407 e. The van der Waals surface area contributed by atoms with Gasteiger partial charge in [0.1, 0.15) is 24.1 Å². The van der Waals surface area contributed by atoms with Gasteiger partial charge in [0.25, 0.3) is 0 Å². The van der Waals surface area contributed by atoms with E-state index in [1.807, 2.05) is 38.1 Å². The minimum absolute atomic E-state index is 0.0157. The fourth-order valence-electron chi connectivity index (χ4n) is 6.98. The number of aromatic amines is 1. The maximum atomic E-state index is 13.6. The molecule has 0 bridgehead atoms. The van der Waals surface area contributed by atoms with Crippen molar-refractivity contribution in [2.75, 3.05) is 41.5 Å². The van der Waals surface area contributed by atoms with Crippen molar-refractivity contribution in [2.24, 2.45) is 10.9 Å². The van der Waals surface area contributed by atoms with Gasteiger partial charge in [-0.25, -0.2) is 14.6 Å². The number of carbonyl (C=O) groups excluding carboxylic acids is 4. The number of alkyl carbamates (subject to hydrolysis) is 2. The van der Waals surface area contributed by atoms with Crippen LogP contribution >= 0.6 is 0 Å². The molecule has 3 heterocycles. The molecular formula is C40H54N8O8. The van der Waals surface area contributed by atoms with Crippen LogP contribution in [0.1, 0.15) is 58.0 Å². The Kier molecular flexibility index (Phi) is 14.2. The number of hydrogen-bond donors (Lipinski definition) is 5. The molecule has 302 valence electrons. The molecule has 5 rings (SSSR count). The molecule has 0 spiro atoms. The Balaban J connectivity index is 1.24. The largest absolute Gasteiger partial charge is 0.453 e. The van der Waals surface area contributed by atoms with Crippen molar-refractivity contribution in [3.05, 3.63) is 66.1 Å². The number of hydrogen-bond acceptors (Lipinski definition) is 11. The van der Waals surface area contributed by atoms with Crippen molar-refractivity contribution in [2.45, 2.75) is 83.1 Å². The maximum absolute atomic E-state index is 13.6. The number of likely N-dealkylation sites (tertiary alicyclic amines) is 1. The molecule has 2 aliphatic heterocycles. The number of nitrogens with zero attached hydrogens (tertiary/aromatic N) is 3. The summed E-state index contributed by atoms with van der Waals surface area (Å²) in [6, 6.07) is 13.9. The Morgan fingerprint density at radius 3 is 1.89 bits per heavy atom. The van der Waals surface area contributed by atoms with Gasteiger partial charge in [0, 0.05) is 27.3 Å². The number of imidazole rings is 1. The summed E-state index contributed by atoms with van der Waals surface area (Å²) < 4.78 is 20.2. The molecule has 1 fully saturated rings. The quantitative estimate of drug-likeness (QED) is 0.152. The molecule has 2 aromatic carbocycles. The molecule has 0 saturated carbocycles. The zero-order valence-corrected chi connectivity index (χ0v) is 33.3. The van der Waals surface area contributed by atoms with E-state index >= 15 is 0 Å². The van der Waals surface area contributed by atoms with Crippen LogP contribution in [0.4, 0.5) is 9.59 Å². The zero-order valence-electron chi connectivity index (χ0n) is 33.3. The third kappa shape index (κ3) is 9.72. The van der Waals surface area contributed by atoms with Gasteiger partial charge in [-0.05, 0) is 54.9 Å². The van der Waals surface area contributed by atoms with E-state index in [1.165, 1.54) is 28.4 Å². The fourth-order valence-corrected chi connectivity index (χ4v) is 6.98. The summed E-state index contributed by atoms with van der Waals surface area (Å²) in [6.45, 7) is 8.52. The number of aromatic nitrogens is 2. The van der Waals surface area contributed by atoms with Gasteiger partial charge in [-0.2, -0.15) is 0 Å². The average Bonchev–Trinajstić information content (AvgIpc) is 4.02. The van der Waals surface area contributed by atoms with E-state index in [2.05, 4.69) is 55.5 Å². The predicted octanol–water partition coefficient (Wildman–Crippen LogP) is 3.79. The van der Waals surface area contributed by atoms with Crippen molar-refractivity contribution < 1.29 is 38.1 Å². The van der Waals surface area contributed by atoms with E-state index in [-0.39, 0.29) is 24.0 Å². The van der Waals surface area contributed by atoms with E-state index in [9.17, 15) is 19.2 Å². The molecule has 0 radical (unpaired) electrons.